The monoisotopic (exact) mass is 462 g/mol. The summed E-state index contributed by atoms with van der Waals surface area (Å²) in [7, 11) is 0. The molecule has 1 aromatic rings. The fraction of sp³-hybridized carbons (Fsp3) is 0.583. The Kier molecular flexibility index (Phi) is 10.8. The summed E-state index contributed by atoms with van der Waals surface area (Å²) in [6.45, 7) is 11.0. The number of hydrogen-bond donors (Lipinski definition) is 4. The van der Waals surface area contributed by atoms with Crippen LogP contribution in [-0.2, 0) is 25.5 Å². The van der Waals surface area contributed by atoms with E-state index in [2.05, 4.69) is 21.3 Å². The van der Waals surface area contributed by atoms with Gasteiger partial charge in [-0.2, -0.15) is 0 Å². The van der Waals surface area contributed by atoms with Gasteiger partial charge in [-0.3, -0.25) is 14.4 Å². The molecule has 0 heterocycles. The highest BCUT2D eigenvalue weighted by Gasteiger charge is 2.25. The second kappa shape index (κ2) is 12.8. The summed E-state index contributed by atoms with van der Waals surface area (Å²) in [4.78, 5) is 49.2. The highest BCUT2D eigenvalue weighted by molar-refractivity contribution is 5.92. The first kappa shape index (κ1) is 27.9. The topological polar surface area (TPSA) is 126 Å². The minimum absolute atomic E-state index is 0.120. The molecule has 0 aromatic heterocycles. The van der Waals surface area contributed by atoms with Crippen molar-refractivity contribution in [2.24, 2.45) is 0 Å². The van der Waals surface area contributed by atoms with Crippen LogP contribution in [0, 0.1) is 0 Å². The van der Waals surface area contributed by atoms with Gasteiger partial charge in [-0.1, -0.05) is 30.3 Å². The fourth-order valence-corrected chi connectivity index (χ4v) is 2.82. The van der Waals surface area contributed by atoms with Crippen LogP contribution in [0.3, 0.4) is 0 Å². The zero-order valence-electron chi connectivity index (χ0n) is 20.5. The highest BCUT2D eigenvalue weighted by atomic mass is 16.6. The fourth-order valence-electron chi connectivity index (χ4n) is 2.82. The largest absolute Gasteiger partial charge is 0.444 e. The number of carbonyl (C=O) groups is 4. The molecule has 0 aliphatic carbocycles. The lowest BCUT2D eigenvalue weighted by atomic mass is 10.1. The van der Waals surface area contributed by atoms with Gasteiger partial charge in [0, 0.05) is 25.0 Å². The van der Waals surface area contributed by atoms with Gasteiger partial charge in [-0.15, -0.1) is 0 Å². The Labute approximate surface area is 196 Å². The Bertz CT molecular complexity index is 797. The number of nitrogens with one attached hydrogen (secondary N) is 4. The molecule has 4 amide bonds. The van der Waals surface area contributed by atoms with Gasteiger partial charge >= 0.3 is 6.09 Å². The summed E-state index contributed by atoms with van der Waals surface area (Å²) in [6.07, 6.45) is -0.0733. The molecule has 0 saturated carbocycles. The van der Waals surface area contributed by atoms with Crippen molar-refractivity contribution in [1.82, 2.24) is 21.3 Å². The number of hydrogen-bond acceptors (Lipinski definition) is 5. The van der Waals surface area contributed by atoms with E-state index in [-0.39, 0.29) is 37.7 Å². The van der Waals surface area contributed by atoms with Crippen LogP contribution < -0.4 is 21.3 Å². The Hall–Kier alpha value is -3.10. The predicted octanol–water partition coefficient (Wildman–Crippen LogP) is 2.05. The third-order valence-electron chi connectivity index (χ3n) is 4.13. The summed E-state index contributed by atoms with van der Waals surface area (Å²) in [5.74, 6) is -1.18. The second-order valence-electron chi connectivity index (χ2n) is 9.83. The molecule has 0 bridgehead atoms. The van der Waals surface area contributed by atoms with Gasteiger partial charge in [0.2, 0.25) is 17.7 Å². The average molecular weight is 463 g/mol. The molecule has 1 unspecified atom stereocenters. The summed E-state index contributed by atoms with van der Waals surface area (Å²) in [6, 6.07) is 8.50. The van der Waals surface area contributed by atoms with Crippen molar-refractivity contribution < 1.29 is 23.9 Å². The molecule has 184 valence electrons. The average Bonchev–Trinajstić information content (AvgIpc) is 2.67. The molecule has 0 spiro atoms. The number of ether oxygens (including phenoxy) is 1. The molecule has 1 atom stereocenters. The normalized spacial score (nSPS) is 12.3. The zero-order valence-corrected chi connectivity index (χ0v) is 20.5. The molecule has 1 aromatic carbocycles. The van der Waals surface area contributed by atoms with E-state index >= 15 is 0 Å². The molecule has 0 fully saturated rings. The summed E-state index contributed by atoms with van der Waals surface area (Å²) in [5, 5.41) is 10.6. The minimum atomic E-state index is -1.03. The lowest BCUT2D eigenvalue weighted by Crippen LogP contribution is -2.51. The van der Waals surface area contributed by atoms with E-state index in [4.69, 9.17) is 4.74 Å². The van der Waals surface area contributed by atoms with Gasteiger partial charge in [0.15, 0.2) is 0 Å². The van der Waals surface area contributed by atoms with Gasteiger partial charge in [-0.05, 0) is 53.5 Å². The second-order valence-corrected chi connectivity index (χ2v) is 9.83. The molecular weight excluding hydrogens is 424 g/mol. The first-order valence-corrected chi connectivity index (χ1v) is 11.1. The van der Waals surface area contributed by atoms with E-state index in [1.165, 1.54) is 0 Å². The van der Waals surface area contributed by atoms with Crippen molar-refractivity contribution in [2.45, 2.75) is 78.0 Å². The SMILES string of the molecule is CC(C)(C)NC(=O)CC(NC(=O)CCc1ccccc1)C(=O)NCCNC(=O)OC(C)(C)C. The van der Waals surface area contributed by atoms with E-state index in [0.29, 0.717) is 6.42 Å². The van der Waals surface area contributed by atoms with Crippen LogP contribution in [0.5, 0.6) is 0 Å². The molecular formula is C24H38N4O5. The molecule has 4 N–H and O–H groups in total. The first-order valence-electron chi connectivity index (χ1n) is 11.1. The van der Waals surface area contributed by atoms with Crippen molar-refractivity contribution in [1.29, 1.82) is 0 Å². The van der Waals surface area contributed by atoms with Crippen LogP contribution in [-0.4, -0.2) is 54.1 Å². The molecule has 0 aliphatic heterocycles. The number of benzene rings is 1. The third kappa shape index (κ3) is 13.8. The first-order chi connectivity index (χ1) is 15.2. The van der Waals surface area contributed by atoms with Crippen LogP contribution in [0.2, 0.25) is 0 Å². The smallest absolute Gasteiger partial charge is 0.407 e. The van der Waals surface area contributed by atoms with Crippen LogP contribution in [0.4, 0.5) is 4.79 Å². The quantitative estimate of drug-likeness (QED) is 0.396. The van der Waals surface area contributed by atoms with E-state index < -0.39 is 29.2 Å². The van der Waals surface area contributed by atoms with Gasteiger partial charge in [0.25, 0.3) is 0 Å². The lowest BCUT2D eigenvalue weighted by Gasteiger charge is -2.23. The molecule has 0 saturated heterocycles. The Morgan fingerprint density at radius 2 is 1.48 bits per heavy atom. The van der Waals surface area contributed by atoms with Gasteiger partial charge < -0.3 is 26.0 Å². The van der Waals surface area contributed by atoms with E-state index in [1.54, 1.807) is 20.8 Å². The zero-order chi connectivity index (χ0) is 25.1. The predicted molar refractivity (Wildman–Crippen MR) is 126 cm³/mol. The van der Waals surface area contributed by atoms with Gasteiger partial charge in [0.1, 0.15) is 11.6 Å². The van der Waals surface area contributed by atoms with Crippen LogP contribution in [0.1, 0.15) is 59.9 Å². The van der Waals surface area contributed by atoms with Crippen LogP contribution >= 0.6 is 0 Å². The maximum atomic E-state index is 12.7. The standard InChI is InChI=1S/C24H38N4O5/c1-23(2,3)28-20(30)16-18(27-19(29)13-12-17-10-8-7-9-11-17)21(31)25-14-15-26-22(32)33-24(4,5)6/h7-11,18H,12-16H2,1-6H3,(H,25,31)(H,26,32)(H,27,29)(H,28,30). The van der Waals surface area contributed by atoms with Gasteiger partial charge in [-0.25, -0.2) is 4.79 Å². The number of carbonyl (C=O) groups excluding carboxylic acids is 4. The minimum Gasteiger partial charge on any atom is -0.444 e. The van der Waals surface area contributed by atoms with E-state index in [9.17, 15) is 19.2 Å². The summed E-state index contributed by atoms with van der Waals surface area (Å²) >= 11 is 0. The Morgan fingerprint density at radius 3 is 2.06 bits per heavy atom. The molecule has 1 rings (SSSR count). The Morgan fingerprint density at radius 1 is 0.879 bits per heavy atom. The number of amides is 4. The van der Waals surface area contributed by atoms with E-state index in [1.807, 2.05) is 51.1 Å². The maximum absolute atomic E-state index is 12.7. The molecule has 0 radical (unpaired) electrons. The van der Waals surface area contributed by atoms with Gasteiger partial charge in [0.05, 0.1) is 6.42 Å². The molecule has 0 aliphatic rings. The summed E-state index contributed by atoms with van der Waals surface area (Å²) in [5.41, 5.74) is -0.0809. The summed E-state index contributed by atoms with van der Waals surface area (Å²) < 4.78 is 5.13. The molecule has 9 nitrogen and oxygen atoms in total. The Balaban J connectivity index is 2.62. The van der Waals surface area contributed by atoms with Crippen molar-refractivity contribution in [2.75, 3.05) is 13.1 Å². The molecule has 9 heteroatoms. The maximum Gasteiger partial charge on any atom is 0.407 e. The number of alkyl carbamates (subject to hydrolysis) is 1. The third-order valence-corrected chi connectivity index (χ3v) is 4.13. The number of aryl methyl sites for hydroxylation is 1. The van der Waals surface area contributed by atoms with Crippen molar-refractivity contribution in [3.8, 4) is 0 Å². The van der Waals surface area contributed by atoms with Crippen LogP contribution in [0.25, 0.3) is 0 Å². The molecule has 33 heavy (non-hydrogen) atoms. The number of rotatable bonds is 10. The van der Waals surface area contributed by atoms with Crippen molar-refractivity contribution in [3.05, 3.63) is 35.9 Å². The van der Waals surface area contributed by atoms with Crippen LogP contribution in [0.15, 0.2) is 30.3 Å². The van der Waals surface area contributed by atoms with E-state index in [0.717, 1.165) is 5.56 Å². The van der Waals surface area contributed by atoms with Crippen molar-refractivity contribution in [3.63, 3.8) is 0 Å². The lowest BCUT2D eigenvalue weighted by molar-refractivity contribution is -0.132. The van der Waals surface area contributed by atoms with Crippen molar-refractivity contribution >= 4 is 23.8 Å². The highest BCUT2D eigenvalue weighted by Crippen LogP contribution is 2.06.